The van der Waals surface area contributed by atoms with Crippen molar-refractivity contribution in [3.63, 3.8) is 0 Å². The van der Waals surface area contributed by atoms with Crippen LogP contribution in [-0.4, -0.2) is 36.5 Å². The minimum atomic E-state index is -4.04. The Morgan fingerprint density at radius 1 is 0.931 bits per heavy atom. The van der Waals surface area contributed by atoms with E-state index in [4.69, 9.17) is 0 Å². The SMILES string of the molecule is Cc1nc(NCCNS(=O)(=O)c2cc(F)cc(F)c2)cc(Nc2ccccn2)n1. The zero-order valence-corrected chi connectivity index (χ0v) is 16.2. The van der Waals surface area contributed by atoms with E-state index in [2.05, 4.69) is 30.3 Å². The van der Waals surface area contributed by atoms with Crippen molar-refractivity contribution in [1.29, 1.82) is 0 Å². The molecule has 152 valence electrons. The molecule has 3 rings (SSSR count). The van der Waals surface area contributed by atoms with Gasteiger partial charge in [0, 0.05) is 31.4 Å². The lowest BCUT2D eigenvalue weighted by atomic mass is 10.3. The molecule has 0 saturated carbocycles. The van der Waals surface area contributed by atoms with Crippen molar-refractivity contribution in [2.45, 2.75) is 11.8 Å². The minimum Gasteiger partial charge on any atom is -0.369 e. The van der Waals surface area contributed by atoms with Gasteiger partial charge in [-0.25, -0.2) is 36.9 Å². The molecule has 3 N–H and O–H groups in total. The Hall–Kier alpha value is -3.18. The predicted octanol–water partition coefficient (Wildman–Crippen LogP) is 2.59. The fourth-order valence-electron chi connectivity index (χ4n) is 2.43. The molecule has 0 fully saturated rings. The Morgan fingerprint density at radius 3 is 2.34 bits per heavy atom. The quantitative estimate of drug-likeness (QED) is 0.481. The molecule has 0 spiro atoms. The van der Waals surface area contributed by atoms with Crippen LogP contribution in [0.4, 0.5) is 26.2 Å². The number of anilines is 3. The number of nitrogens with one attached hydrogen (secondary N) is 3. The fourth-order valence-corrected chi connectivity index (χ4v) is 3.51. The molecule has 0 bridgehead atoms. The maximum atomic E-state index is 13.2. The first kappa shape index (κ1) is 20.6. The average molecular weight is 420 g/mol. The third kappa shape index (κ3) is 5.90. The zero-order chi connectivity index (χ0) is 20.9. The summed E-state index contributed by atoms with van der Waals surface area (Å²) in [6, 6.07) is 9.17. The Balaban J connectivity index is 1.59. The van der Waals surface area contributed by atoms with E-state index >= 15 is 0 Å². The maximum Gasteiger partial charge on any atom is 0.240 e. The number of nitrogens with zero attached hydrogens (tertiary/aromatic N) is 3. The van der Waals surface area contributed by atoms with Gasteiger partial charge in [0.25, 0.3) is 0 Å². The number of halogens is 2. The molecule has 0 unspecified atom stereocenters. The van der Waals surface area contributed by atoms with Crippen LogP contribution in [0, 0.1) is 18.6 Å². The summed E-state index contributed by atoms with van der Waals surface area (Å²) in [6.45, 7) is 1.89. The second-order valence-corrected chi connectivity index (χ2v) is 7.72. The van der Waals surface area contributed by atoms with E-state index in [9.17, 15) is 17.2 Å². The number of aromatic nitrogens is 3. The van der Waals surface area contributed by atoms with Gasteiger partial charge in [0.05, 0.1) is 4.90 Å². The van der Waals surface area contributed by atoms with Gasteiger partial charge in [-0.05, 0) is 31.2 Å². The smallest absolute Gasteiger partial charge is 0.240 e. The van der Waals surface area contributed by atoms with Crippen molar-refractivity contribution in [2.75, 3.05) is 23.7 Å². The second kappa shape index (κ2) is 8.88. The molecule has 0 aliphatic carbocycles. The van der Waals surface area contributed by atoms with Gasteiger partial charge in [-0.2, -0.15) is 0 Å². The second-order valence-electron chi connectivity index (χ2n) is 5.96. The van der Waals surface area contributed by atoms with Crippen LogP contribution in [0.3, 0.4) is 0 Å². The van der Waals surface area contributed by atoms with Crippen molar-refractivity contribution < 1.29 is 17.2 Å². The van der Waals surface area contributed by atoms with Crippen molar-refractivity contribution in [2.24, 2.45) is 0 Å². The minimum absolute atomic E-state index is 0.0213. The van der Waals surface area contributed by atoms with Gasteiger partial charge in [0.15, 0.2) is 0 Å². The molecule has 3 aromatic rings. The van der Waals surface area contributed by atoms with E-state index < -0.39 is 26.6 Å². The van der Waals surface area contributed by atoms with Gasteiger partial charge in [0.1, 0.15) is 34.9 Å². The normalized spacial score (nSPS) is 11.3. The molecule has 8 nitrogen and oxygen atoms in total. The lowest BCUT2D eigenvalue weighted by Crippen LogP contribution is -2.29. The highest BCUT2D eigenvalue weighted by Gasteiger charge is 2.15. The van der Waals surface area contributed by atoms with Crippen LogP contribution in [0.5, 0.6) is 0 Å². The van der Waals surface area contributed by atoms with Crippen LogP contribution in [-0.2, 0) is 10.0 Å². The van der Waals surface area contributed by atoms with Gasteiger partial charge in [-0.3, -0.25) is 0 Å². The van der Waals surface area contributed by atoms with Crippen LogP contribution < -0.4 is 15.4 Å². The summed E-state index contributed by atoms with van der Waals surface area (Å²) < 4.78 is 53.0. The van der Waals surface area contributed by atoms with Gasteiger partial charge < -0.3 is 10.6 Å². The summed E-state index contributed by atoms with van der Waals surface area (Å²) in [5.41, 5.74) is 0. The maximum absolute atomic E-state index is 13.2. The monoisotopic (exact) mass is 420 g/mol. The molecule has 0 atom stereocenters. The molecule has 0 aliphatic heterocycles. The summed E-state index contributed by atoms with van der Waals surface area (Å²) in [7, 11) is -4.04. The summed E-state index contributed by atoms with van der Waals surface area (Å²) >= 11 is 0. The molecule has 1 aromatic carbocycles. The van der Waals surface area contributed by atoms with E-state index in [1.54, 1.807) is 31.3 Å². The third-order valence-electron chi connectivity index (χ3n) is 3.63. The van der Waals surface area contributed by atoms with Gasteiger partial charge in [-0.15, -0.1) is 0 Å². The standard InChI is InChI=1S/C18H18F2N6O2S/c1-12-24-17(11-18(25-12)26-16-4-2-3-5-21-16)22-6-7-23-29(27,28)15-9-13(19)8-14(20)10-15/h2-5,8-11,23H,6-7H2,1H3,(H2,21,22,24,25,26). The number of sulfonamides is 1. The predicted molar refractivity (Wildman–Crippen MR) is 104 cm³/mol. The summed E-state index contributed by atoms with van der Waals surface area (Å²) in [4.78, 5) is 12.2. The number of pyridine rings is 1. The number of aryl methyl sites for hydroxylation is 1. The Morgan fingerprint density at radius 2 is 1.66 bits per heavy atom. The highest BCUT2D eigenvalue weighted by atomic mass is 32.2. The van der Waals surface area contributed by atoms with Gasteiger partial charge >= 0.3 is 0 Å². The Bertz CT molecular complexity index is 1080. The molecule has 11 heteroatoms. The Kier molecular flexibility index (Phi) is 6.29. The van der Waals surface area contributed by atoms with E-state index in [1.165, 1.54) is 0 Å². The lowest BCUT2D eigenvalue weighted by molar-refractivity contribution is 0.562. The van der Waals surface area contributed by atoms with Crippen LogP contribution in [0.2, 0.25) is 0 Å². The number of benzene rings is 1. The molecule has 0 radical (unpaired) electrons. The van der Waals surface area contributed by atoms with E-state index in [0.717, 1.165) is 12.1 Å². The molecule has 0 saturated heterocycles. The average Bonchev–Trinajstić information content (AvgIpc) is 2.65. The van der Waals surface area contributed by atoms with Gasteiger partial charge in [-0.1, -0.05) is 6.07 Å². The summed E-state index contributed by atoms with van der Waals surface area (Å²) in [5.74, 6) is 0.193. The Labute approximate surface area is 166 Å². The molecular formula is C18H18F2N6O2S. The number of rotatable bonds is 8. The molecule has 29 heavy (non-hydrogen) atoms. The van der Waals surface area contributed by atoms with Crippen LogP contribution in [0.25, 0.3) is 0 Å². The van der Waals surface area contributed by atoms with Crippen molar-refractivity contribution >= 4 is 27.5 Å². The van der Waals surface area contributed by atoms with Gasteiger partial charge in [0.2, 0.25) is 10.0 Å². The highest BCUT2D eigenvalue weighted by Crippen LogP contribution is 2.16. The van der Waals surface area contributed by atoms with E-state index in [1.807, 2.05) is 6.07 Å². The molecular weight excluding hydrogens is 402 g/mol. The highest BCUT2D eigenvalue weighted by molar-refractivity contribution is 7.89. The molecule has 0 aliphatic rings. The van der Waals surface area contributed by atoms with Crippen molar-refractivity contribution in [1.82, 2.24) is 19.7 Å². The third-order valence-corrected chi connectivity index (χ3v) is 5.07. The van der Waals surface area contributed by atoms with E-state index in [-0.39, 0.29) is 13.1 Å². The zero-order valence-electron chi connectivity index (χ0n) is 15.4. The van der Waals surface area contributed by atoms with Crippen LogP contribution in [0.15, 0.2) is 53.6 Å². The largest absolute Gasteiger partial charge is 0.369 e. The summed E-state index contributed by atoms with van der Waals surface area (Å²) in [5, 5.41) is 6.02. The topological polar surface area (TPSA) is 109 Å². The van der Waals surface area contributed by atoms with Crippen molar-refractivity contribution in [3.05, 3.63) is 66.1 Å². The first-order valence-corrected chi connectivity index (χ1v) is 10.0. The molecule has 2 heterocycles. The number of hydrogen-bond acceptors (Lipinski definition) is 7. The first-order valence-electron chi connectivity index (χ1n) is 8.55. The lowest BCUT2D eigenvalue weighted by Gasteiger charge is -2.11. The fraction of sp³-hybridized carbons (Fsp3) is 0.167. The van der Waals surface area contributed by atoms with Crippen LogP contribution in [0.1, 0.15) is 5.82 Å². The van der Waals surface area contributed by atoms with Crippen LogP contribution >= 0.6 is 0 Å². The first-order chi connectivity index (χ1) is 13.8. The molecule has 0 amide bonds. The summed E-state index contributed by atoms with van der Waals surface area (Å²) in [6.07, 6.45) is 1.64. The molecule has 2 aromatic heterocycles. The van der Waals surface area contributed by atoms with E-state index in [0.29, 0.717) is 29.3 Å². The number of hydrogen-bond donors (Lipinski definition) is 3. The van der Waals surface area contributed by atoms with Crippen molar-refractivity contribution in [3.8, 4) is 0 Å².